The zero-order valence-corrected chi connectivity index (χ0v) is 12.4. The molecule has 0 radical (unpaired) electrons. The number of carbonyl (C=O) groups is 1. The first-order chi connectivity index (χ1) is 8.63. The van der Waals surface area contributed by atoms with Gasteiger partial charge in [-0.3, -0.25) is 4.79 Å². The fraction of sp³-hybridized carbons (Fsp3) is 0.533. The molecular formula is C15H20BrFO. The van der Waals surface area contributed by atoms with E-state index >= 15 is 0 Å². The van der Waals surface area contributed by atoms with E-state index in [0.717, 1.165) is 17.3 Å². The summed E-state index contributed by atoms with van der Waals surface area (Å²) in [5.41, 5.74) is 0.489. The van der Waals surface area contributed by atoms with Crippen LogP contribution in [0.4, 0.5) is 4.39 Å². The minimum Gasteiger partial charge on any atom is -0.299 e. The van der Waals surface area contributed by atoms with E-state index in [0.29, 0.717) is 12.0 Å². The second-order valence-corrected chi connectivity index (χ2v) is 5.53. The first-order valence-electron chi connectivity index (χ1n) is 6.59. The molecule has 0 unspecified atom stereocenters. The Morgan fingerprint density at radius 1 is 1.22 bits per heavy atom. The summed E-state index contributed by atoms with van der Waals surface area (Å²) in [5, 5.41) is 0. The number of ketones is 1. The average molecular weight is 315 g/mol. The molecular weight excluding hydrogens is 295 g/mol. The van der Waals surface area contributed by atoms with Crippen molar-refractivity contribution in [3.63, 3.8) is 0 Å². The quantitative estimate of drug-likeness (QED) is 0.613. The van der Waals surface area contributed by atoms with Gasteiger partial charge in [0.1, 0.15) is 11.6 Å². The Hall–Kier alpha value is -0.700. The van der Waals surface area contributed by atoms with Gasteiger partial charge in [0.2, 0.25) is 0 Å². The summed E-state index contributed by atoms with van der Waals surface area (Å²) < 4.78 is 14.3. The first-order valence-corrected chi connectivity index (χ1v) is 7.38. The number of benzene rings is 1. The monoisotopic (exact) mass is 314 g/mol. The van der Waals surface area contributed by atoms with Crippen LogP contribution in [0, 0.1) is 5.82 Å². The van der Waals surface area contributed by atoms with E-state index in [1.54, 1.807) is 12.1 Å². The molecule has 0 bridgehead atoms. The van der Waals surface area contributed by atoms with Gasteiger partial charge in [0, 0.05) is 17.3 Å². The van der Waals surface area contributed by atoms with Crippen molar-refractivity contribution in [2.75, 3.05) is 0 Å². The summed E-state index contributed by atoms with van der Waals surface area (Å²) >= 11 is 3.29. The number of carbonyl (C=O) groups excluding carboxylic acids is 1. The van der Waals surface area contributed by atoms with Crippen LogP contribution in [0.1, 0.15) is 51.0 Å². The average Bonchev–Trinajstić information content (AvgIpc) is 2.33. The van der Waals surface area contributed by atoms with Crippen molar-refractivity contribution in [2.24, 2.45) is 0 Å². The maximum atomic E-state index is 13.4. The summed E-state index contributed by atoms with van der Waals surface area (Å²) in [6, 6.07) is 4.73. The molecule has 1 nitrogen and oxygen atoms in total. The van der Waals surface area contributed by atoms with Crippen molar-refractivity contribution < 1.29 is 9.18 Å². The maximum absolute atomic E-state index is 13.4. The lowest BCUT2D eigenvalue weighted by atomic mass is 10.0. The minimum atomic E-state index is -0.294. The van der Waals surface area contributed by atoms with Gasteiger partial charge in [-0.15, -0.1) is 0 Å². The first kappa shape index (κ1) is 15.4. The van der Waals surface area contributed by atoms with Gasteiger partial charge in [0.15, 0.2) is 0 Å². The molecule has 0 saturated carbocycles. The third-order valence-electron chi connectivity index (χ3n) is 2.95. The predicted molar refractivity (Wildman–Crippen MR) is 76.2 cm³/mol. The van der Waals surface area contributed by atoms with Crippen LogP contribution in [0.2, 0.25) is 0 Å². The molecule has 0 aliphatic rings. The Balaban J connectivity index is 2.33. The normalized spacial score (nSPS) is 10.6. The van der Waals surface area contributed by atoms with Crippen LogP contribution in [-0.4, -0.2) is 5.78 Å². The molecule has 0 N–H and O–H groups in total. The molecule has 0 saturated heterocycles. The van der Waals surface area contributed by atoms with Crippen molar-refractivity contribution in [1.29, 1.82) is 0 Å². The summed E-state index contributed by atoms with van der Waals surface area (Å²) in [5.74, 6) is -0.166. The molecule has 1 rings (SSSR count). The fourth-order valence-electron chi connectivity index (χ4n) is 1.91. The van der Waals surface area contributed by atoms with Crippen molar-refractivity contribution in [1.82, 2.24) is 0 Å². The van der Waals surface area contributed by atoms with E-state index in [1.807, 2.05) is 0 Å². The van der Waals surface area contributed by atoms with Crippen LogP contribution >= 0.6 is 15.9 Å². The maximum Gasteiger partial charge on any atom is 0.137 e. The number of halogens is 2. The van der Waals surface area contributed by atoms with Crippen LogP contribution in [0.15, 0.2) is 22.7 Å². The zero-order valence-electron chi connectivity index (χ0n) is 10.8. The lowest BCUT2D eigenvalue weighted by Gasteiger charge is -2.04. The summed E-state index contributed by atoms with van der Waals surface area (Å²) in [7, 11) is 0. The van der Waals surface area contributed by atoms with Gasteiger partial charge < -0.3 is 0 Å². The Kier molecular flexibility index (Phi) is 7.18. The molecule has 3 heteroatoms. The SMILES string of the molecule is CCCCCCCC(=O)Cc1cc(Br)ccc1F. The Labute approximate surface area is 117 Å². The smallest absolute Gasteiger partial charge is 0.137 e. The van der Waals surface area contributed by atoms with Gasteiger partial charge in [0.25, 0.3) is 0 Å². The van der Waals surface area contributed by atoms with E-state index in [4.69, 9.17) is 0 Å². The lowest BCUT2D eigenvalue weighted by molar-refractivity contribution is -0.118. The molecule has 100 valence electrons. The predicted octanol–water partition coefficient (Wildman–Crippen LogP) is 5.06. The largest absolute Gasteiger partial charge is 0.299 e. The van der Waals surface area contributed by atoms with E-state index < -0.39 is 0 Å². The van der Waals surface area contributed by atoms with E-state index in [9.17, 15) is 9.18 Å². The van der Waals surface area contributed by atoms with Crippen molar-refractivity contribution >= 4 is 21.7 Å². The topological polar surface area (TPSA) is 17.1 Å². The third-order valence-corrected chi connectivity index (χ3v) is 3.45. The highest BCUT2D eigenvalue weighted by molar-refractivity contribution is 9.10. The number of rotatable bonds is 8. The van der Waals surface area contributed by atoms with Crippen molar-refractivity contribution in [2.45, 2.75) is 51.9 Å². The number of hydrogen-bond acceptors (Lipinski definition) is 1. The fourth-order valence-corrected chi connectivity index (χ4v) is 2.31. The molecule has 0 fully saturated rings. The molecule has 0 aromatic heterocycles. The van der Waals surface area contributed by atoms with E-state index in [-0.39, 0.29) is 18.0 Å². The Morgan fingerprint density at radius 2 is 1.94 bits per heavy atom. The molecule has 1 aromatic carbocycles. The van der Waals surface area contributed by atoms with Gasteiger partial charge in [0.05, 0.1) is 0 Å². The Morgan fingerprint density at radius 3 is 2.67 bits per heavy atom. The van der Waals surface area contributed by atoms with Crippen LogP contribution in [0.5, 0.6) is 0 Å². The molecule has 0 aliphatic carbocycles. The summed E-state index contributed by atoms with van der Waals surface area (Å²) in [4.78, 5) is 11.7. The van der Waals surface area contributed by atoms with E-state index in [2.05, 4.69) is 22.9 Å². The highest BCUT2D eigenvalue weighted by Gasteiger charge is 2.08. The van der Waals surface area contributed by atoms with Crippen molar-refractivity contribution in [3.05, 3.63) is 34.1 Å². The van der Waals surface area contributed by atoms with E-state index in [1.165, 1.54) is 25.3 Å². The van der Waals surface area contributed by atoms with Gasteiger partial charge in [-0.1, -0.05) is 48.5 Å². The summed E-state index contributed by atoms with van der Waals surface area (Å²) in [6.07, 6.45) is 6.42. The summed E-state index contributed by atoms with van der Waals surface area (Å²) in [6.45, 7) is 2.17. The molecule has 0 amide bonds. The van der Waals surface area contributed by atoms with Gasteiger partial charge in [-0.05, 0) is 30.2 Å². The third kappa shape index (κ3) is 5.76. The van der Waals surface area contributed by atoms with Gasteiger partial charge >= 0.3 is 0 Å². The van der Waals surface area contributed by atoms with Gasteiger partial charge in [-0.2, -0.15) is 0 Å². The number of hydrogen-bond donors (Lipinski definition) is 0. The molecule has 0 heterocycles. The number of Topliss-reactive ketones (excluding diaryl/α,β-unsaturated/α-hetero) is 1. The van der Waals surface area contributed by atoms with Crippen LogP contribution < -0.4 is 0 Å². The molecule has 18 heavy (non-hydrogen) atoms. The zero-order chi connectivity index (χ0) is 13.4. The second-order valence-electron chi connectivity index (χ2n) is 4.62. The number of unbranched alkanes of at least 4 members (excludes halogenated alkanes) is 4. The highest BCUT2D eigenvalue weighted by Crippen LogP contribution is 2.17. The van der Waals surface area contributed by atoms with Crippen LogP contribution in [-0.2, 0) is 11.2 Å². The molecule has 0 spiro atoms. The standard InChI is InChI=1S/C15H20BrFO/c1-2-3-4-5-6-7-14(18)11-12-10-13(16)8-9-15(12)17/h8-10H,2-7,11H2,1H3. The second kappa shape index (κ2) is 8.41. The van der Waals surface area contributed by atoms with Gasteiger partial charge in [-0.25, -0.2) is 4.39 Å². The van der Waals surface area contributed by atoms with Crippen LogP contribution in [0.25, 0.3) is 0 Å². The van der Waals surface area contributed by atoms with Crippen molar-refractivity contribution in [3.8, 4) is 0 Å². The van der Waals surface area contributed by atoms with Crippen LogP contribution in [0.3, 0.4) is 0 Å². The molecule has 1 aromatic rings. The molecule has 0 atom stereocenters. The lowest BCUT2D eigenvalue weighted by Crippen LogP contribution is -2.04. The highest BCUT2D eigenvalue weighted by atomic mass is 79.9. The molecule has 0 aliphatic heterocycles. The minimum absolute atomic E-state index is 0.128. The Bertz CT molecular complexity index is 390.